The van der Waals surface area contributed by atoms with Crippen LogP contribution in [0, 0.1) is 15.5 Å². The minimum absolute atomic E-state index is 0.175. The van der Waals surface area contributed by atoms with Crippen LogP contribution in [0.25, 0.3) is 0 Å². The second-order valence-corrected chi connectivity index (χ2v) is 12.1. The highest BCUT2D eigenvalue weighted by Gasteiger charge is 2.76. The fourth-order valence-corrected chi connectivity index (χ4v) is 6.71. The van der Waals surface area contributed by atoms with E-state index >= 15 is 0 Å². The predicted molar refractivity (Wildman–Crippen MR) is 145 cm³/mol. The summed E-state index contributed by atoms with van der Waals surface area (Å²) in [6.07, 6.45) is 4.78. The van der Waals surface area contributed by atoms with Crippen molar-refractivity contribution in [2.75, 3.05) is 0 Å². The molecule has 1 saturated carbocycles. The van der Waals surface area contributed by atoms with Gasteiger partial charge >= 0.3 is 17.9 Å². The molecule has 3 atom stereocenters. The number of hydrazone groups is 1. The van der Waals surface area contributed by atoms with Gasteiger partial charge in [-0.05, 0) is 50.3 Å². The number of benzene rings is 2. The molecule has 0 bridgehead atoms. The Morgan fingerprint density at radius 3 is 2.27 bits per heavy atom. The number of rotatable bonds is 3. The molecule has 3 fully saturated rings. The zero-order chi connectivity index (χ0) is 29.2. The normalized spacial score (nSPS) is 25.7. The van der Waals surface area contributed by atoms with Crippen LogP contribution in [0.3, 0.4) is 0 Å². The summed E-state index contributed by atoms with van der Waals surface area (Å²) in [7, 11) is 0. The standard InChI is InChI=1S/C30H31N3O8/c1-28(2,3)39-25(34)23-22(18-11-13-20(14-12-18)33(37)38)30(24-21-10-6-5-9-19(21)17-31-32(23)24)26(35)40-29(41-27(30)36)15-7-4-8-16-29/h5-6,9-14,17,22-24H,4,7-8,15-16H2,1-3H3/t22-,23-,24-/m1/s1. The SMILES string of the molecule is CC(C)(C)OC(=O)[C@H]1[C@@H](c2ccc([N+](=O)[O-])cc2)C2(C(=O)OC3(CCCCC3)OC2=O)[C@H]2c3ccccc3C=NN12. The molecule has 3 aliphatic heterocycles. The number of carbonyl (C=O) groups excluding carboxylic acids is 3. The number of hydrogen-bond donors (Lipinski definition) is 0. The van der Waals surface area contributed by atoms with Crippen molar-refractivity contribution in [3.8, 4) is 0 Å². The minimum Gasteiger partial charge on any atom is -0.458 e. The van der Waals surface area contributed by atoms with Crippen molar-refractivity contribution in [2.24, 2.45) is 10.5 Å². The number of fused-ring (bicyclic) bond motifs is 4. The summed E-state index contributed by atoms with van der Waals surface area (Å²) >= 11 is 0. The Labute approximate surface area is 236 Å². The van der Waals surface area contributed by atoms with Crippen molar-refractivity contribution in [1.82, 2.24) is 5.01 Å². The van der Waals surface area contributed by atoms with Gasteiger partial charge in [0.1, 0.15) is 11.6 Å². The molecule has 0 unspecified atom stereocenters. The van der Waals surface area contributed by atoms with Gasteiger partial charge in [0.2, 0.25) is 5.41 Å². The van der Waals surface area contributed by atoms with Gasteiger partial charge < -0.3 is 14.2 Å². The quantitative estimate of drug-likeness (QED) is 0.229. The molecule has 41 heavy (non-hydrogen) atoms. The van der Waals surface area contributed by atoms with E-state index in [0.717, 1.165) is 19.3 Å². The monoisotopic (exact) mass is 561 g/mol. The van der Waals surface area contributed by atoms with Crippen LogP contribution in [0.5, 0.6) is 0 Å². The van der Waals surface area contributed by atoms with E-state index in [4.69, 9.17) is 14.2 Å². The Balaban J connectivity index is 1.59. The highest BCUT2D eigenvalue weighted by Crippen LogP contribution is 2.63. The van der Waals surface area contributed by atoms with Gasteiger partial charge in [-0.3, -0.25) is 24.7 Å². The van der Waals surface area contributed by atoms with Crippen LogP contribution in [0.15, 0.2) is 53.6 Å². The smallest absolute Gasteiger partial charge is 0.331 e. The van der Waals surface area contributed by atoms with E-state index < -0.39 is 57.6 Å². The van der Waals surface area contributed by atoms with Crippen molar-refractivity contribution in [1.29, 1.82) is 0 Å². The van der Waals surface area contributed by atoms with Crippen molar-refractivity contribution in [3.63, 3.8) is 0 Å². The Morgan fingerprint density at radius 1 is 1.02 bits per heavy atom. The molecule has 2 spiro atoms. The second kappa shape index (κ2) is 9.39. The summed E-state index contributed by atoms with van der Waals surface area (Å²) in [6.45, 7) is 5.16. The zero-order valence-electron chi connectivity index (χ0n) is 23.1. The average Bonchev–Trinajstić information content (AvgIpc) is 3.24. The first-order chi connectivity index (χ1) is 19.5. The Hall–Kier alpha value is -4.28. The average molecular weight is 562 g/mol. The van der Waals surface area contributed by atoms with Crippen LogP contribution in [-0.4, -0.2) is 51.5 Å². The fourth-order valence-electron chi connectivity index (χ4n) is 6.71. The van der Waals surface area contributed by atoms with E-state index in [2.05, 4.69) is 5.10 Å². The van der Waals surface area contributed by atoms with Gasteiger partial charge in [-0.25, -0.2) is 4.79 Å². The highest BCUT2D eigenvalue weighted by atomic mass is 16.7. The van der Waals surface area contributed by atoms with Crippen molar-refractivity contribution in [3.05, 3.63) is 75.3 Å². The van der Waals surface area contributed by atoms with E-state index in [1.54, 1.807) is 39.1 Å². The van der Waals surface area contributed by atoms with Gasteiger partial charge in [0.25, 0.3) is 11.5 Å². The van der Waals surface area contributed by atoms with Crippen molar-refractivity contribution >= 4 is 29.8 Å². The molecule has 1 aliphatic carbocycles. The third-order valence-electron chi connectivity index (χ3n) is 8.37. The molecule has 11 nitrogen and oxygen atoms in total. The van der Waals surface area contributed by atoms with Gasteiger partial charge in [0.15, 0.2) is 6.04 Å². The number of esters is 3. The number of nitrogens with zero attached hydrogens (tertiary/aromatic N) is 3. The number of carbonyl (C=O) groups is 3. The van der Waals surface area contributed by atoms with Crippen molar-refractivity contribution < 1.29 is 33.5 Å². The number of hydrogen-bond acceptors (Lipinski definition) is 10. The molecule has 2 aromatic carbocycles. The maximum Gasteiger partial charge on any atom is 0.331 e. The summed E-state index contributed by atoms with van der Waals surface area (Å²) in [5.41, 5.74) is -1.48. The summed E-state index contributed by atoms with van der Waals surface area (Å²) in [4.78, 5) is 53.9. The molecular formula is C30H31N3O8. The second-order valence-electron chi connectivity index (χ2n) is 12.1. The first-order valence-corrected chi connectivity index (χ1v) is 13.8. The van der Waals surface area contributed by atoms with Crippen LogP contribution < -0.4 is 0 Å². The molecule has 4 aliphatic rings. The summed E-state index contributed by atoms with van der Waals surface area (Å²) in [5, 5.41) is 17.5. The molecule has 214 valence electrons. The van der Waals surface area contributed by atoms with Gasteiger partial charge in [0.05, 0.1) is 11.1 Å². The van der Waals surface area contributed by atoms with E-state index in [9.17, 15) is 24.5 Å². The third-order valence-corrected chi connectivity index (χ3v) is 8.37. The summed E-state index contributed by atoms with van der Waals surface area (Å²) < 4.78 is 18.0. The lowest BCUT2D eigenvalue weighted by Crippen LogP contribution is -2.60. The van der Waals surface area contributed by atoms with Crippen LogP contribution in [0.1, 0.15) is 81.5 Å². The predicted octanol–water partition coefficient (Wildman–Crippen LogP) is 4.54. The number of ether oxygens (including phenoxy) is 3. The molecule has 0 N–H and O–H groups in total. The maximum atomic E-state index is 14.5. The number of nitro benzene ring substituents is 1. The molecule has 2 aromatic rings. The van der Waals surface area contributed by atoms with Gasteiger partial charge in [-0.2, -0.15) is 5.10 Å². The third kappa shape index (κ3) is 4.17. The first kappa shape index (κ1) is 26.9. The summed E-state index contributed by atoms with van der Waals surface area (Å²) in [5.74, 6) is -4.84. The largest absolute Gasteiger partial charge is 0.458 e. The molecule has 0 radical (unpaired) electrons. The van der Waals surface area contributed by atoms with E-state index in [1.165, 1.54) is 29.3 Å². The first-order valence-electron chi connectivity index (χ1n) is 13.8. The van der Waals surface area contributed by atoms with E-state index in [-0.39, 0.29) is 5.69 Å². The van der Waals surface area contributed by atoms with Crippen LogP contribution in [0.2, 0.25) is 0 Å². The Morgan fingerprint density at radius 2 is 1.66 bits per heavy atom. The Bertz CT molecular complexity index is 1430. The van der Waals surface area contributed by atoms with Gasteiger partial charge in [0, 0.05) is 30.9 Å². The van der Waals surface area contributed by atoms with Gasteiger partial charge in [-0.1, -0.05) is 42.8 Å². The molecule has 0 aromatic heterocycles. The molecule has 2 saturated heterocycles. The maximum absolute atomic E-state index is 14.5. The minimum atomic E-state index is -2.05. The Kier molecular flexibility index (Phi) is 6.16. The zero-order valence-corrected chi connectivity index (χ0v) is 23.1. The fraction of sp³-hybridized carbons (Fsp3) is 0.467. The van der Waals surface area contributed by atoms with E-state index in [1.807, 2.05) is 12.1 Å². The summed E-state index contributed by atoms with van der Waals surface area (Å²) in [6, 6.07) is 10.4. The topological polar surface area (TPSA) is 138 Å². The van der Waals surface area contributed by atoms with Crippen LogP contribution in [-0.2, 0) is 28.6 Å². The molecule has 0 amide bonds. The lowest BCUT2D eigenvalue weighted by molar-refractivity contribution is -0.384. The van der Waals surface area contributed by atoms with Crippen molar-refractivity contribution in [2.45, 2.75) is 82.3 Å². The molecule has 6 rings (SSSR count). The number of nitro groups is 1. The molecular weight excluding hydrogens is 530 g/mol. The lowest BCUT2D eigenvalue weighted by atomic mass is 9.65. The molecule has 11 heteroatoms. The van der Waals surface area contributed by atoms with Gasteiger partial charge in [-0.15, -0.1) is 0 Å². The highest BCUT2D eigenvalue weighted by molar-refractivity contribution is 6.06. The lowest BCUT2D eigenvalue weighted by Gasteiger charge is -2.47. The van der Waals surface area contributed by atoms with Crippen LogP contribution in [0.4, 0.5) is 5.69 Å². The van der Waals surface area contributed by atoms with E-state index in [0.29, 0.717) is 29.5 Å². The molecule has 3 heterocycles. The number of non-ortho nitro benzene ring substituents is 1. The van der Waals surface area contributed by atoms with Crippen LogP contribution >= 0.6 is 0 Å².